The number of H-pyrrole nitrogens is 1. The molecule has 1 aromatic heterocycles. The lowest BCUT2D eigenvalue weighted by atomic mass is 10.2. The van der Waals surface area contributed by atoms with E-state index in [1.54, 1.807) is 13.1 Å². The maximum Gasteiger partial charge on any atom is 0.191 e. The number of hydrogen-bond donors (Lipinski definition) is 3. The van der Waals surface area contributed by atoms with Crippen LogP contribution in [0.25, 0.3) is 12.2 Å². The van der Waals surface area contributed by atoms with E-state index in [0.29, 0.717) is 17.1 Å². The Morgan fingerprint density at radius 3 is 2.11 bits per heavy atom. The molecule has 0 bridgehead atoms. The second-order valence-corrected chi connectivity index (χ2v) is 2.66. The molecule has 1 rings (SSSR count). The summed E-state index contributed by atoms with van der Waals surface area (Å²) >= 11 is 0. The molecule has 0 saturated heterocycles. The van der Waals surface area contributed by atoms with Crippen molar-refractivity contribution in [2.24, 2.45) is 0 Å². The van der Waals surface area contributed by atoms with E-state index in [9.17, 15) is 4.79 Å². The normalized spacial score (nSPS) is 8.06. The number of hydrazine groups is 1. The zero-order valence-electron chi connectivity index (χ0n) is 12.1. The van der Waals surface area contributed by atoms with Crippen molar-refractivity contribution in [2.75, 3.05) is 12.5 Å². The van der Waals surface area contributed by atoms with Crippen molar-refractivity contribution in [1.82, 2.24) is 10.4 Å². The van der Waals surface area contributed by atoms with E-state index in [1.165, 1.54) is 12.1 Å². The Labute approximate surface area is 110 Å². The largest absolute Gasteiger partial charge is 0.340 e. The number of rotatable bonds is 4. The first-order valence-electron chi connectivity index (χ1n) is 6.18. The molecular formula is C14H25N3O. The molecule has 3 N–H and O–H groups in total. The maximum atomic E-state index is 11.5. The summed E-state index contributed by atoms with van der Waals surface area (Å²) < 4.78 is 0. The van der Waals surface area contributed by atoms with Crippen molar-refractivity contribution in [3.05, 3.63) is 40.7 Å². The Bertz CT molecular complexity index is 408. The lowest BCUT2D eigenvalue weighted by Crippen LogP contribution is -2.19. The van der Waals surface area contributed by atoms with E-state index in [0.717, 1.165) is 0 Å². The monoisotopic (exact) mass is 251 g/mol. The van der Waals surface area contributed by atoms with Crippen molar-refractivity contribution >= 4 is 18.0 Å². The number of aromatic nitrogens is 1. The Hall–Kier alpha value is -1.81. The zero-order valence-corrected chi connectivity index (χ0v) is 12.1. The van der Waals surface area contributed by atoms with Crippen LogP contribution in [0.1, 0.15) is 39.0 Å². The van der Waals surface area contributed by atoms with Crippen LogP contribution in [0.5, 0.6) is 0 Å². The highest BCUT2D eigenvalue weighted by atomic mass is 16.1. The molecular weight excluding hydrogens is 226 g/mol. The van der Waals surface area contributed by atoms with Gasteiger partial charge in [0.1, 0.15) is 5.82 Å². The Balaban J connectivity index is 0. The minimum absolute atomic E-state index is 0.0913. The minimum atomic E-state index is -0.0913. The van der Waals surface area contributed by atoms with Crippen molar-refractivity contribution in [3.8, 4) is 0 Å². The Kier molecular flexibility index (Phi) is 12.0. The molecule has 0 aliphatic heterocycles. The van der Waals surface area contributed by atoms with Gasteiger partial charge in [-0.25, -0.2) is 5.43 Å². The average Bonchev–Trinajstić information content (AvgIpc) is 2.43. The van der Waals surface area contributed by atoms with Gasteiger partial charge < -0.3 is 10.4 Å². The number of anilines is 1. The quantitative estimate of drug-likeness (QED) is 0.720. The van der Waals surface area contributed by atoms with Gasteiger partial charge in [0.15, 0.2) is 5.43 Å². The van der Waals surface area contributed by atoms with Gasteiger partial charge in [0.05, 0.1) is 5.69 Å². The summed E-state index contributed by atoms with van der Waals surface area (Å²) in [6.45, 7) is 15.2. The van der Waals surface area contributed by atoms with E-state index in [2.05, 4.69) is 29.0 Å². The van der Waals surface area contributed by atoms with Gasteiger partial charge in [-0.2, -0.15) is 0 Å². The molecule has 0 radical (unpaired) electrons. The van der Waals surface area contributed by atoms with E-state index >= 15 is 0 Å². The minimum Gasteiger partial charge on any atom is -0.340 e. The van der Waals surface area contributed by atoms with Gasteiger partial charge in [-0.05, 0) is 6.08 Å². The molecule has 0 unspecified atom stereocenters. The van der Waals surface area contributed by atoms with E-state index in [4.69, 9.17) is 0 Å². The molecule has 4 nitrogen and oxygen atoms in total. The smallest absolute Gasteiger partial charge is 0.191 e. The molecule has 0 fully saturated rings. The van der Waals surface area contributed by atoms with Crippen LogP contribution in [0.3, 0.4) is 0 Å². The van der Waals surface area contributed by atoms with Gasteiger partial charge in [0, 0.05) is 18.7 Å². The predicted molar refractivity (Wildman–Crippen MR) is 82.6 cm³/mol. The fraction of sp³-hybridized carbons (Fsp3) is 0.357. The summed E-state index contributed by atoms with van der Waals surface area (Å²) in [6.07, 6.45) is 3.10. The van der Waals surface area contributed by atoms with Crippen LogP contribution >= 0.6 is 0 Å². The fourth-order valence-electron chi connectivity index (χ4n) is 1.16. The van der Waals surface area contributed by atoms with Crippen molar-refractivity contribution in [2.45, 2.75) is 27.7 Å². The zero-order chi connectivity index (χ0) is 14.6. The van der Waals surface area contributed by atoms with Crippen molar-refractivity contribution in [3.63, 3.8) is 0 Å². The molecule has 0 aliphatic carbocycles. The standard InChI is InChI=1S/C10H13N3O.2C2H6/c1-4-7-8(5-2)12-10(13-11-3)6-9(7)14;2*1-2/h4-6,11H,1-2H2,3H3,(H2,12,13,14);2*1-2H3. The highest BCUT2D eigenvalue weighted by Gasteiger charge is 2.02. The van der Waals surface area contributed by atoms with Gasteiger partial charge in [-0.3, -0.25) is 4.79 Å². The van der Waals surface area contributed by atoms with Gasteiger partial charge >= 0.3 is 0 Å². The summed E-state index contributed by atoms with van der Waals surface area (Å²) in [7, 11) is 1.72. The molecule has 0 saturated carbocycles. The van der Waals surface area contributed by atoms with Crippen LogP contribution in [0.4, 0.5) is 5.82 Å². The lowest BCUT2D eigenvalue weighted by Gasteiger charge is -2.07. The van der Waals surface area contributed by atoms with Crippen LogP contribution in [-0.2, 0) is 0 Å². The number of aromatic amines is 1. The predicted octanol–water partition coefficient (Wildman–Crippen LogP) is 3.26. The second-order valence-electron chi connectivity index (χ2n) is 2.66. The molecule has 0 spiro atoms. The summed E-state index contributed by atoms with van der Waals surface area (Å²) in [5, 5.41) is 0. The summed E-state index contributed by atoms with van der Waals surface area (Å²) in [5.41, 5.74) is 6.60. The van der Waals surface area contributed by atoms with E-state index in [-0.39, 0.29) is 5.43 Å². The summed E-state index contributed by atoms with van der Waals surface area (Å²) in [6, 6.07) is 1.46. The number of pyridine rings is 1. The molecule has 0 aliphatic rings. The second kappa shape index (κ2) is 11.7. The average molecular weight is 251 g/mol. The highest BCUT2D eigenvalue weighted by Crippen LogP contribution is 2.07. The molecule has 18 heavy (non-hydrogen) atoms. The van der Waals surface area contributed by atoms with E-state index < -0.39 is 0 Å². The van der Waals surface area contributed by atoms with Crippen LogP contribution in [0.2, 0.25) is 0 Å². The first kappa shape index (κ1) is 18.6. The molecule has 4 heteroatoms. The van der Waals surface area contributed by atoms with Gasteiger partial charge in [0.25, 0.3) is 0 Å². The van der Waals surface area contributed by atoms with Gasteiger partial charge in [-0.1, -0.05) is 46.9 Å². The van der Waals surface area contributed by atoms with Crippen molar-refractivity contribution in [1.29, 1.82) is 0 Å². The Morgan fingerprint density at radius 2 is 1.72 bits per heavy atom. The van der Waals surface area contributed by atoms with Gasteiger partial charge in [-0.15, -0.1) is 0 Å². The summed E-state index contributed by atoms with van der Waals surface area (Å²) in [5.74, 6) is 0.595. The number of hydrogen-bond acceptors (Lipinski definition) is 3. The number of nitrogens with one attached hydrogen (secondary N) is 3. The molecule has 102 valence electrons. The van der Waals surface area contributed by atoms with Crippen LogP contribution in [0, 0.1) is 0 Å². The molecule has 0 atom stereocenters. The first-order chi connectivity index (χ1) is 8.72. The maximum absolute atomic E-state index is 11.5. The third kappa shape index (κ3) is 5.50. The molecule has 1 aromatic rings. The third-order valence-corrected chi connectivity index (χ3v) is 1.77. The van der Waals surface area contributed by atoms with Crippen molar-refractivity contribution < 1.29 is 0 Å². The summed E-state index contributed by atoms with van der Waals surface area (Å²) in [4.78, 5) is 14.5. The van der Waals surface area contributed by atoms with Crippen LogP contribution in [0.15, 0.2) is 24.0 Å². The SMILES string of the molecule is C=Cc1[nH]c(NNC)cc(=O)c1C=C.CC.CC. The Morgan fingerprint density at radius 1 is 1.17 bits per heavy atom. The lowest BCUT2D eigenvalue weighted by molar-refractivity contribution is 0.962. The highest BCUT2D eigenvalue weighted by molar-refractivity contribution is 5.62. The van der Waals surface area contributed by atoms with Gasteiger partial charge in [0.2, 0.25) is 0 Å². The third-order valence-electron chi connectivity index (χ3n) is 1.77. The van der Waals surface area contributed by atoms with Crippen LogP contribution in [-0.4, -0.2) is 12.0 Å². The molecule has 0 aromatic carbocycles. The first-order valence-corrected chi connectivity index (χ1v) is 6.18. The topological polar surface area (TPSA) is 56.9 Å². The molecule has 0 amide bonds. The van der Waals surface area contributed by atoms with Crippen LogP contribution < -0.4 is 16.3 Å². The fourth-order valence-corrected chi connectivity index (χ4v) is 1.16. The van der Waals surface area contributed by atoms with E-state index in [1.807, 2.05) is 27.7 Å². The molecule has 1 heterocycles.